The number of nitrogens with zero attached hydrogens (tertiary/aromatic N) is 2. The molecule has 0 aliphatic rings. The Morgan fingerprint density at radius 3 is 2.80 bits per heavy atom. The van der Waals surface area contributed by atoms with Crippen molar-refractivity contribution in [1.29, 1.82) is 0 Å². The number of hydrogen-bond donors (Lipinski definition) is 2. The summed E-state index contributed by atoms with van der Waals surface area (Å²) in [5, 5.41) is 12.4. The largest absolute Gasteiger partial charge is 0.396 e. The second kappa shape index (κ2) is 5.88. The Hall–Kier alpha value is -0.870. The van der Waals surface area contributed by atoms with Crippen molar-refractivity contribution in [2.75, 3.05) is 6.61 Å². The van der Waals surface area contributed by atoms with Gasteiger partial charge in [-0.05, 0) is 19.8 Å². The highest BCUT2D eigenvalue weighted by Crippen LogP contribution is 2.11. The number of nitrogens with one attached hydrogen (secondary N) is 1. The molecule has 0 radical (unpaired) electrons. The van der Waals surface area contributed by atoms with Gasteiger partial charge in [0.05, 0.1) is 6.04 Å². The first-order valence-electron chi connectivity index (χ1n) is 5.53. The number of rotatable bonds is 6. The Bertz CT molecular complexity index is 285. The van der Waals surface area contributed by atoms with Crippen molar-refractivity contribution in [1.82, 2.24) is 14.9 Å². The Morgan fingerprint density at radius 2 is 2.33 bits per heavy atom. The average molecular weight is 211 g/mol. The molecule has 0 fully saturated rings. The molecule has 0 spiro atoms. The zero-order valence-electron chi connectivity index (χ0n) is 9.77. The molecule has 0 aliphatic heterocycles. The molecule has 1 aromatic rings. The van der Waals surface area contributed by atoms with Gasteiger partial charge in [0.1, 0.15) is 5.82 Å². The summed E-state index contributed by atoms with van der Waals surface area (Å²) in [4.78, 5) is 4.30. The van der Waals surface area contributed by atoms with Crippen molar-refractivity contribution >= 4 is 0 Å². The third kappa shape index (κ3) is 3.32. The summed E-state index contributed by atoms with van der Waals surface area (Å²) in [6, 6.07) is 0.586. The van der Waals surface area contributed by atoms with E-state index in [4.69, 9.17) is 5.11 Å². The van der Waals surface area contributed by atoms with Gasteiger partial charge in [-0.3, -0.25) is 0 Å². The molecule has 1 heterocycles. The van der Waals surface area contributed by atoms with Crippen molar-refractivity contribution < 1.29 is 5.11 Å². The van der Waals surface area contributed by atoms with Gasteiger partial charge in [-0.25, -0.2) is 4.98 Å². The number of hydrogen-bond acceptors (Lipinski definition) is 3. The fourth-order valence-electron chi connectivity index (χ4n) is 1.78. The standard InChI is InChI=1S/C11H21N3O/c1-4-10(5-8-15)13-9(2)11-12-6-7-14(11)3/h6-7,9-10,13,15H,4-5,8H2,1-3H3. The molecule has 2 unspecified atom stereocenters. The molecule has 86 valence electrons. The van der Waals surface area contributed by atoms with Gasteiger partial charge in [0.15, 0.2) is 0 Å². The zero-order valence-corrected chi connectivity index (χ0v) is 9.77. The van der Waals surface area contributed by atoms with E-state index in [0.717, 1.165) is 18.7 Å². The normalized spacial score (nSPS) is 15.2. The molecule has 0 aliphatic carbocycles. The summed E-state index contributed by atoms with van der Waals surface area (Å²) in [6.07, 6.45) is 5.57. The fraction of sp³-hybridized carbons (Fsp3) is 0.727. The second-order valence-corrected chi connectivity index (χ2v) is 3.90. The molecule has 2 atom stereocenters. The minimum absolute atomic E-state index is 0.224. The number of imidazole rings is 1. The highest BCUT2D eigenvalue weighted by molar-refractivity contribution is 4.97. The highest BCUT2D eigenvalue weighted by Gasteiger charge is 2.14. The zero-order chi connectivity index (χ0) is 11.3. The Labute approximate surface area is 91.3 Å². The Kier molecular flexibility index (Phi) is 4.78. The number of aryl methyl sites for hydroxylation is 1. The number of aliphatic hydroxyl groups is 1. The Balaban J connectivity index is 2.54. The first-order valence-corrected chi connectivity index (χ1v) is 5.53. The second-order valence-electron chi connectivity index (χ2n) is 3.90. The van der Waals surface area contributed by atoms with E-state index >= 15 is 0 Å². The van der Waals surface area contributed by atoms with Gasteiger partial charge in [-0.1, -0.05) is 6.92 Å². The molecule has 4 nitrogen and oxygen atoms in total. The molecule has 0 aromatic carbocycles. The summed E-state index contributed by atoms with van der Waals surface area (Å²) >= 11 is 0. The van der Waals surface area contributed by atoms with E-state index in [0.29, 0.717) is 6.04 Å². The van der Waals surface area contributed by atoms with Crippen LogP contribution in [-0.2, 0) is 7.05 Å². The van der Waals surface area contributed by atoms with E-state index in [1.807, 2.05) is 17.8 Å². The van der Waals surface area contributed by atoms with E-state index in [2.05, 4.69) is 24.1 Å². The predicted octanol–water partition coefficient (Wildman–Crippen LogP) is 1.23. The molecular weight excluding hydrogens is 190 g/mol. The molecule has 0 bridgehead atoms. The molecule has 2 N–H and O–H groups in total. The van der Waals surface area contributed by atoms with Gasteiger partial charge in [-0.15, -0.1) is 0 Å². The van der Waals surface area contributed by atoms with Crippen LogP contribution in [-0.4, -0.2) is 27.3 Å². The quantitative estimate of drug-likeness (QED) is 0.744. The predicted molar refractivity (Wildman–Crippen MR) is 60.5 cm³/mol. The van der Waals surface area contributed by atoms with Crippen LogP contribution >= 0.6 is 0 Å². The van der Waals surface area contributed by atoms with Gasteiger partial charge in [0.2, 0.25) is 0 Å². The van der Waals surface area contributed by atoms with Crippen LogP contribution in [0.3, 0.4) is 0 Å². The first-order chi connectivity index (χ1) is 7.19. The summed E-state index contributed by atoms with van der Waals surface area (Å²) in [7, 11) is 1.99. The van der Waals surface area contributed by atoms with Crippen LogP contribution in [0.2, 0.25) is 0 Å². The summed E-state index contributed by atoms with van der Waals surface area (Å²) in [6.45, 7) is 4.46. The average Bonchev–Trinajstić information content (AvgIpc) is 2.63. The maximum atomic E-state index is 8.90. The minimum Gasteiger partial charge on any atom is -0.396 e. The van der Waals surface area contributed by atoms with Crippen molar-refractivity contribution in [2.24, 2.45) is 7.05 Å². The van der Waals surface area contributed by atoms with E-state index in [9.17, 15) is 0 Å². The van der Waals surface area contributed by atoms with Crippen molar-refractivity contribution in [3.63, 3.8) is 0 Å². The molecular formula is C11H21N3O. The lowest BCUT2D eigenvalue weighted by atomic mass is 10.1. The molecule has 0 saturated heterocycles. The monoisotopic (exact) mass is 211 g/mol. The summed E-state index contributed by atoms with van der Waals surface area (Å²) in [5.41, 5.74) is 0. The maximum absolute atomic E-state index is 8.90. The lowest BCUT2D eigenvalue weighted by Gasteiger charge is -2.21. The maximum Gasteiger partial charge on any atom is 0.125 e. The first kappa shape index (κ1) is 12.2. The minimum atomic E-state index is 0.224. The van der Waals surface area contributed by atoms with Crippen molar-refractivity contribution in [3.05, 3.63) is 18.2 Å². The van der Waals surface area contributed by atoms with E-state index in [-0.39, 0.29) is 12.6 Å². The van der Waals surface area contributed by atoms with Crippen LogP contribution in [0.25, 0.3) is 0 Å². The topological polar surface area (TPSA) is 50.1 Å². The molecule has 1 aromatic heterocycles. The summed E-state index contributed by atoms with van der Waals surface area (Å²) in [5.74, 6) is 1.03. The van der Waals surface area contributed by atoms with Crippen LogP contribution < -0.4 is 5.32 Å². The van der Waals surface area contributed by atoms with Crippen LogP contribution in [0.5, 0.6) is 0 Å². The third-order valence-corrected chi connectivity index (χ3v) is 2.70. The molecule has 4 heteroatoms. The smallest absolute Gasteiger partial charge is 0.125 e. The Morgan fingerprint density at radius 1 is 1.60 bits per heavy atom. The fourth-order valence-corrected chi connectivity index (χ4v) is 1.78. The van der Waals surface area contributed by atoms with Crippen LogP contribution in [0, 0.1) is 0 Å². The van der Waals surface area contributed by atoms with E-state index in [1.165, 1.54) is 0 Å². The van der Waals surface area contributed by atoms with Gasteiger partial charge in [0, 0.05) is 32.1 Å². The van der Waals surface area contributed by atoms with Crippen LogP contribution in [0.1, 0.15) is 38.6 Å². The van der Waals surface area contributed by atoms with E-state index < -0.39 is 0 Å². The van der Waals surface area contributed by atoms with Crippen molar-refractivity contribution in [3.8, 4) is 0 Å². The van der Waals surface area contributed by atoms with Gasteiger partial charge >= 0.3 is 0 Å². The summed E-state index contributed by atoms with van der Waals surface area (Å²) < 4.78 is 2.02. The molecule has 0 saturated carbocycles. The lowest BCUT2D eigenvalue weighted by molar-refractivity contribution is 0.255. The SMILES string of the molecule is CCC(CCO)NC(C)c1nccn1C. The lowest BCUT2D eigenvalue weighted by Crippen LogP contribution is -2.33. The van der Waals surface area contributed by atoms with Crippen molar-refractivity contribution in [2.45, 2.75) is 38.8 Å². The number of aromatic nitrogens is 2. The molecule has 0 amide bonds. The van der Waals surface area contributed by atoms with Crippen LogP contribution in [0.4, 0.5) is 0 Å². The third-order valence-electron chi connectivity index (χ3n) is 2.70. The van der Waals surface area contributed by atoms with Gasteiger partial charge in [-0.2, -0.15) is 0 Å². The van der Waals surface area contributed by atoms with Gasteiger partial charge in [0.25, 0.3) is 0 Å². The molecule has 1 rings (SSSR count). The molecule has 15 heavy (non-hydrogen) atoms. The number of aliphatic hydroxyl groups excluding tert-OH is 1. The van der Waals surface area contributed by atoms with Crippen LogP contribution in [0.15, 0.2) is 12.4 Å². The van der Waals surface area contributed by atoms with Gasteiger partial charge < -0.3 is 15.0 Å². The highest BCUT2D eigenvalue weighted by atomic mass is 16.3. The van der Waals surface area contributed by atoms with E-state index in [1.54, 1.807) is 6.20 Å².